The highest BCUT2D eigenvalue weighted by Crippen LogP contribution is 2.38. The highest BCUT2D eigenvalue weighted by Gasteiger charge is 2.38. The molecule has 0 saturated carbocycles. The van der Waals surface area contributed by atoms with Gasteiger partial charge in [-0.3, -0.25) is 0 Å². The van der Waals surface area contributed by atoms with Crippen LogP contribution in [0.4, 0.5) is 4.39 Å². The second-order valence-corrected chi connectivity index (χ2v) is 5.03. The van der Waals surface area contributed by atoms with Crippen LogP contribution in [0.3, 0.4) is 0 Å². The van der Waals surface area contributed by atoms with E-state index in [-0.39, 0.29) is 23.9 Å². The molecular weight excluding hydrogens is 231 g/mol. The van der Waals surface area contributed by atoms with E-state index in [1.165, 1.54) is 12.1 Å². The topological polar surface area (TPSA) is 29.5 Å². The Hall–Kier alpha value is -0.930. The molecule has 1 saturated heterocycles. The van der Waals surface area contributed by atoms with Crippen LogP contribution in [0, 0.1) is 11.7 Å². The normalized spacial score (nSPS) is 24.6. The van der Waals surface area contributed by atoms with Gasteiger partial charge in [-0.15, -0.1) is 0 Å². The molecule has 18 heavy (non-hydrogen) atoms. The van der Waals surface area contributed by atoms with Crippen LogP contribution in [0.2, 0.25) is 0 Å². The fourth-order valence-electron chi connectivity index (χ4n) is 2.43. The van der Waals surface area contributed by atoms with Crippen molar-refractivity contribution in [2.45, 2.75) is 44.8 Å². The fraction of sp³-hybridized carbons (Fsp3) is 0.600. The van der Waals surface area contributed by atoms with E-state index in [1.807, 2.05) is 0 Å². The van der Waals surface area contributed by atoms with E-state index < -0.39 is 0 Å². The quantitative estimate of drug-likeness (QED) is 0.786. The number of ether oxygens (including phenoxy) is 1. The van der Waals surface area contributed by atoms with Crippen LogP contribution in [0.25, 0.3) is 0 Å². The third kappa shape index (κ3) is 3.09. The second kappa shape index (κ2) is 6.30. The maximum Gasteiger partial charge on any atom is 0.123 e. The molecule has 1 fully saturated rings. The molecule has 2 rings (SSSR count). The SMILES string of the molecule is CCCCCC(O)C1COC1c1ccc(F)cc1. The highest BCUT2D eigenvalue weighted by atomic mass is 19.1. The zero-order chi connectivity index (χ0) is 13.0. The lowest BCUT2D eigenvalue weighted by molar-refractivity contribution is -0.162. The molecule has 0 spiro atoms. The molecule has 0 bridgehead atoms. The molecule has 1 aliphatic rings. The van der Waals surface area contributed by atoms with E-state index in [0.717, 1.165) is 31.2 Å². The minimum absolute atomic E-state index is 0.0674. The van der Waals surface area contributed by atoms with Crippen molar-refractivity contribution in [1.82, 2.24) is 0 Å². The summed E-state index contributed by atoms with van der Waals surface area (Å²) in [5.41, 5.74) is 0.960. The minimum atomic E-state index is -0.305. The van der Waals surface area contributed by atoms with Gasteiger partial charge in [0.1, 0.15) is 5.82 Å². The average Bonchev–Trinajstić information content (AvgIpc) is 2.31. The maximum absolute atomic E-state index is 12.8. The molecule has 1 aromatic carbocycles. The van der Waals surface area contributed by atoms with Crippen molar-refractivity contribution in [2.24, 2.45) is 5.92 Å². The van der Waals surface area contributed by atoms with Gasteiger partial charge in [-0.1, -0.05) is 38.3 Å². The van der Waals surface area contributed by atoms with Crippen LogP contribution >= 0.6 is 0 Å². The molecule has 0 aromatic heterocycles. The molecule has 3 unspecified atom stereocenters. The monoisotopic (exact) mass is 252 g/mol. The molecule has 1 aliphatic heterocycles. The third-order valence-corrected chi connectivity index (χ3v) is 3.65. The van der Waals surface area contributed by atoms with E-state index in [4.69, 9.17) is 4.74 Å². The lowest BCUT2D eigenvalue weighted by Gasteiger charge is -2.40. The lowest BCUT2D eigenvalue weighted by Crippen LogP contribution is -2.41. The number of unbranched alkanes of at least 4 members (excludes halogenated alkanes) is 2. The predicted molar refractivity (Wildman–Crippen MR) is 68.7 cm³/mol. The summed E-state index contributed by atoms with van der Waals surface area (Å²) < 4.78 is 18.4. The largest absolute Gasteiger partial charge is 0.393 e. The van der Waals surface area contributed by atoms with Gasteiger partial charge < -0.3 is 9.84 Å². The molecule has 1 aromatic rings. The van der Waals surface area contributed by atoms with Gasteiger partial charge in [0.2, 0.25) is 0 Å². The summed E-state index contributed by atoms with van der Waals surface area (Å²) in [5, 5.41) is 10.1. The van der Waals surface area contributed by atoms with Crippen molar-refractivity contribution in [3.63, 3.8) is 0 Å². The first-order valence-corrected chi connectivity index (χ1v) is 6.77. The molecule has 0 amide bonds. The Bertz CT molecular complexity index is 363. The van der Waals surface area contributed by atoms with Gasteiger partial charge in [-0.2, -0.15) is 0 Å². The van der Waals surface area contributed by atoms with Gasteiger partial charge >= 0.3 is 0 Å². The van der Waals surface area contributed by atoms with Crippen LogP contribution in [-0.2, 0) is 4.74 Å². The molecule has 0 aliphatic carbocycles. The van der Waals surface area contributed by atoms with Crippen LogP contribution in [0.15, 0.2) is 24.3 Å². The smallest absolute Gasteiger partial charge is 0.123 e. The first-order valence-electron chi connectivity index (χ1n) is 6.77. The first kappa shape index (κ1) is 13.5. The Morgan fingerprint density at radius 3 is 2.61 bits per heavy atom. The van der Waals surface area contributed by atoms with Gasteiger partial charge in [0.25, 0.3) is 0 Å². The standard InChI is InChI=1S/C15H21FO2/c1-2-3-4-5-14(17)13-10-18-15(13)11-6-8-12(16)9-7-11/h6-9,13-15,17H,2-5,10H2,1H3. The Morgan fingerprint density at radius 2 is 2.06 bits per heavy atom. The number of hydrogen-bond donors (Lipinski definition) is 1. The lowest BCUT2D eigenvalue weighted by atomic mass is 9.85. The van der Waals surface area contributed by atoms with Gasteiger partial charge in [0.05, 0.1) is 18.8 Å². The summed E-state index contributed by atoms with van der Waals surface area (Å²) in [5.74, 6) is -0.0783. The Kier molecular flexibility index (Phi) is 4.72. The molecule has 3 heteroatoms. The van der Waals surface area contributed by atoms with Crippen LogP contribution < -0.4 is 0 Å². The molecule has 1 heterocycles. The average molecular weight is 252 g/mol. The summed E-state index contributed by atoms with van der Waals surface area (Å²) in [7, 11) is 0. The number of benzene rings is 1. The second-order valence-electron chi connectivity index (χ2n) is 5.03. The number of aliphatic hydroxyl groups is 1. The van der Waals surface area contributed by atoms with Gasteiger partial charge in [-0.05, 0) is 24.1 Å². The van der Waals surface area contributed by atoms with E-state index >= 15 is 0 Å². The van der Waals surface area contributed by atoms with Gasteiger partial charge in [0, 0.05) is 5.92 Å². The van der Waals surface area contributed by atoms with E-state index in [0.29, 0.717) is 6.61 Å². The van der Waals surface area contributed by atoms with E-state index in [2.05, 4.69) is 6.92 Å². The van der Waals surface area contributed by atoms with Gasteiger partial charge in [0.15, 0.2) is 0 Å². The summed E-state index contributed by atoms with van der Waals surface area (Å²) in [6.07, 6.45) is 3.84. The summed E-state index contributed by atoms with van der Waals surface area (Å²) >= 11 is 0. The minimum Gasteiger partial charge on any atom is -0.393 e. The van der Waals surface area contributed by atoms with Crippen molar-refractivity contribution < 1.29 is 14.2 Å². The van der Waals surface area contributed by atoms with Crippen LogP contribution in [0.1, 0.15) is 44.3 Å². The van der Waals surface area contributed by atoms with Crippen molar-refractivity contribution in [1.29, 1.82) is 0 Å². The molecular formula is C15H21FO2. The molecule has 100 valence electrons. The number of hydrogen-bond acceptors (Lipinski definition) is 2. The highest BCUT2D eigenvalue weighted by molar-refractivity contribution is 5.21. The Labute approximate surface area is 108 Å². The molecule has 2 nitrogen and oxygen atoms in total. The Morgan fingerprint density at radius 1 is 1.33 bits per heavy atom. The fourth-order valence-corrected chi connectivity index (χ4v) is 2.43. The van der Waals surface area contributed by atoms with Crippen molar-refractivity contribution in [3.05, 3.63) is 35.6 Å². The third-order valence-electron chi connectivity index (χ3n) is 3.65. The molecule has 0 radical (unpaired) electrons. The van der Waals surface area contributed by atoms with Crippen LogP contribution in [0.5, 0.6) is 0 Å². The summed E-state index contributed by atoms with van der Waals surface area (Å²) in [4.78, 5) is 0. The predicted octanol–water partition coefficient (Wildman–Crippen LogP) is 3.45. The Balaban J connectivity index is 1.89. The number of halogens is 1. The summed E-state index contributed by atoms with van der Waals surface area (Å²) in [6.45, 7) is 2.76. The van der Waals surface area contributed by atoms with Gasteiger partial charge in [-0.25, -0.2) is 4.39 Å². The molecule has 3 atom stereocenters. The zero-order valence-corrected chi connectivity index (χ0v) is 10.8. The van der Waals surface area contributed by atoms with E-state index in [1.54, 1.807) is 12.1 Å². The first-order chi connectivity index (χ1) is 8.72. The van der Waals surface area contributed by atoms with Crippen molar-refractivity contribution in [2.75, 3.05) is 6.61 Å². The van der Waals surface area contributed by atoms with E-state index in [9.17, 15) is 9.50 Å². The molecule has 1 N–H and O–H groups in total. The van der Waals surface area contributed by atoms with Crippen molar-refractivity contribution >= 4 is 0 Å². The van der Waals surface area contributed by atoms with Crippen molar-refractivity contribution in [3.8, 4) is 0 Å². The summed E-state index contributed by atoms with van der Waals surface area (Å²) in [6, 6.07) is 6.37. The van der Waals surface area contributed by atoms with Crippen LogP contribution in [-0.4, -0.2) is 17.8 Å². The maximum atomic E-state index is 12.8. The number of aliphatic hydroxyl groups excluding tert-OH is 1. The number of rotatable bonds is 6. The zero-order valence-electron chi connectivity index (χ0n) is 10.8.